The second-order valence-corrected chi connectivity index (χ2v) is 8.16. The number of hydrogen-bond acceptors (Lipinski definition) is 6. The van der Waals surface area contributed by atoms with E-state index in [2.05, 4.69) is 56.2 Å². The molecular formula is C12H8BrClN4S2. The molecule has 0 spiro atoms. The molecule has 0 amide bonds. The Kier molecular flexibility index (Phi) is 3.85. The first-order chi connectivity index (χ1) is 9.54. The van der Waals surface area contributed by atoms with Gasteiger partial charge >= 0.3 is 0 Å². The van der Waals surface area contributed by atoms with Crippen molar-refractivity contribution in [2.24, 2.45) is 0 Å². The van der Waals surface area contributed by atoms with Crippen LogP contribution < -0.4 is 0 Å². The quantitative estimate of drug-likeness (QED) is 0.636. The molecule has 4 nitrogen and oxygen atoms in total. The van der Waals surface area contributed by atoms with Crippen LogP contribution in [0.1, 0.15) is 10.4 Å². The molecule has 0 aliphatic carbocycles. The zero-order valence-electron chi connectivity index (χ0n) is 10.5. The Morgan fingerprint density at radius 1 is 0.950 bits per heavy atom. The van der Waals surface area contributed by atoms with Crippen LogP contribution in [0.5, 0.6) is 0 Å². The van der Waals surface area contributed by atoms with Gasteiger partial charge in [0.2, 0.25) is 11.6 Å². The average Bonchev–Trinajstić information content (AvgIpc) is 2.94. The minimum Gasteiger partial charge on any atom is -0.137 e. The molecular weight excluding hydrogens is 380 g/mol. The Bertz CT molecular complexity index is 662. The first-order valence-electron chi connectivity index (χ1n) is 5.64. The zero-order valence-corrected chi connectivity index (χ0v) is 14.5. The van der Waals surface area contributed by atoms with Crippen LogP contribution in [0.3, 0.4) is 0 Å². The number of rotatable bonds is 2. The number of halogens is 2. The highest BCUT2D eigenvalue weighted by Gasteiger charge is 2.13. The van der Waals surface area contributed by atoms with Crippen molar-refractivity contribution in [3.05, 3.63) is 31.4 Å². The lowest BCUT2D eigenvalue weighted by Gasteiger charge is -1.95. The Hall–Kier alpha value is -0.890. The lowest BCUT2D eigenvalue weighted by molar-refractivity contribution is 0.881. The van der Waals surface area contributed by atoms with Crippen molar-refractivity contribution < 1.29 is 0 Å². The van der Waals surface area contributed by atoms with Gasteiger partial charge in [-0.3, -0.25) is 0 Å². The smallest absolute Gasteiger partial charge is 0.137 e. The van der Waals surface area contributed by atoms with Crippen molar-refractivity contribution >= 4 is 50.2 Å². The van der Waals surface area contributed by atoms with Crippen LogP contribution in [0, 0.1) is 13.8 Å². The molecule has 3 heterocycles. The van der Waals surface area contributed by atoms with Gasteiger partial charge in [-0.2, -0.15) is 0 Å². The largest absolute Gasteiger partial charge is 0.213 e. The molecule has 0 aliphatic heterocycles. The summed E-state index contributed by atoms with van der Waals surface area (Å²) in [6.07, 6.45) is 0. The molecule has 0 aromatic carbocycles. The molecule has 0 atom stereocenters. The van der Waals surface area contributed by atoms with Crippen LogP contribution in [0.25, 0.3) is 21.4 Å². The maximum absolute atomic E-state index is 6.00. The van der Waals surface area contributed by atoms with E-state index in [1.54, 1.807) is 17.4 Å². The summed E-state index contributed by atoms with van der Waals surface area (Å²) >= 11 is 12.5. The van der Waals surface area contributed by atoms with Gasteiger partial charge in [-0.25, -0.2) is 0 Å². The molecule has 20 heavy (non-hydrogen) atoms. The monoisotopic (exact) mass is 386 g/mol. The minimum atomic E-state index is 0.483. The van der Waals surface area contributed by atoms with Gasteiger partial charge in [0.05, 0.1) is 18.6 Å². The van der Waals surface area contributed by atoms with E-state index >= 15 is 0 Å². The fraction of sp³-hybridized carbons (Fsp3) is 0.167. The third-order valence-electron chi connectivity index (χ3n) is 2.73. The molecule has 0 N–H and O–H groups in total. The maximum atomic E-state index is 6.00. The van der Waals surface area contributed by atoms with Crippen LogP contribution in [-0.2, 0) is 0 Å². The van der Waals surface area contributed by atoms with Gasteiger partial charge in [0.15, 0.2) is 0 Å². The first kappa shape index (κ1) is 14.1. The van der Waals surface area contributed by atoms with E-state index in [-0.39, 0.29) is 0 Å². The van der Waals surface area contributed by atoms with E-state index in [1.807, 2.05) is 0 Å². The van der Waals surface area contributed by atoms with Crippen molar-refractivity contribution in [3.8, 4) is 21.4 Å². The standard InChI is InChI=1S/C12H8BrClN4S2/c1-5-3-8(19-6(5)2)11-15-17-12(18-16-11)9-4-7(14)10(13)20-9/h3-4H,1-2H3. The van der Waals surface area contributed by atoms with Gasteiger partial charge in [-0.15, -0.1) is 43.1 Å². The van der Waals surface area contributed by atoms with E-state index < -0.39 is 0 Å². The second kappa shape index (κ2) is 5.48. The van der Waals surface area contributed by atoms with Crippen LogP contribution in [0.15, 0.2) is 15.9 Å². The molecule has 8 heteroatoms. The predicted molar refractivity (Wildman–Crippen MR) is 86.4 cm³/mol. The third-order valence-corrected chi connectivity index (χ3v) is 6.35. The van der Waals surface area contributed by atoms with E-state index in [0.717, 1.165) is 13.5 Å². The highest BCUT2D eigenvalue weighted by Crippen LogP contribution is 2.36. The average molecular weight is 388 g/mol. The van der Waals surface area contributed by atoms with Crippen LogP contribution in [0.2, 0.25) is 5.02 Å². The fourth-order valence-corrected chi connectivity index (χ4v) is 4.15. The van der Waals surface area contributed by atoms with Crippen molar-refractivity contribution in [3.63, 3.8) is 0 Å². The van der Waals surface area contributed by atoms with E-state index in [1.165, 1.54) is 21.8 Å². The lowest BCUT2D eigenvalue weighted by atomic mass is 10.3. The molecule has 0 bridgehead atoms. The highest BCUT2D eigenvalue weighted by molar-refractivity contribution is 9.11. The van der Waals surface area contributed by atoms with E-state index in [0.29, 0.717) is 16.7 Å². The molecule has 3 aromatic heterocycles. The number of aromatic nitrogens is 4. The Morgan fingerprint density at radius 3 is 1.90 bits per heavy atom. The molecule has 0 aliphatic rings. The van der Waals surface area contributed by atoms with Gasteiger partial charge in [-0.05, 0) is 47.5 Å². The van der Waals surface area contributed by atoms with Crippen molar-refractivity contribution in [2.75, 3.05) is 0 Å². The summed E-state index contributed by atoms with van der Waals surface area (Å²) < 4.78 is 0.853. The summed E-state index contributed by atoms with van der Waals surface area (Å²) in [5, 5.41) is 17.2. The molecule has 0 saturated heterocycles. The van der Waals surface area contributed by atoms with E-state index in [4.69, 9.17) is 11.6 Å². The van der Waals surface area contributed by atoms with Gasteiger partial charge in [0.25, 0.3) is 0 Å². The van der Waals surface area contributed by atoms with Gasteiger partial charge in [0, 0.05) is 4.88 Å². The van der Waals surface area contributed by atoms with E-state index in [9.17, 15) is 0 Å². The van der Waals surface area contributed by atoms with Gasteiger partial charge in [-0.1, -0.05) is 11.6 Å². The highest BCUT2D eigenvalue weighted by atomic mass is 79.9. The van der Waals surface area contributed by atoms with Crippen molar-refractivity contribution in [2.45, 2.75) is 13.8 Å². The Morgan fingerprint density at radius 2 is 1.50 bits per heavy atom. The van der Waals surface area contributed by atoms with Gasteiger partial charge in [0.1, 0.15) is 0 Å². The van der Waals surface area contributed by atoms with Crippen LogP contribution in [0.4, 0.5) is 0 Å². The number of hydrogen-bond donors (Lipinski definition) is 0. The Labute approximate surface area is 137 Å². The summed E-state index contributed by atoms with van der Waals surface area (Å²) in [5.41, 5.74) is 1.23. The summed E-state index contributed by atoms with van der Waals surface area (Å²) in [6.45, 7) is 4.14. The molecule has 3 aromatic rings. The SMILES string of the molecule is Cc1cc(-c2nnc(-c3cc(Cl)c(Br)s3)nn2)sc1C. The molecule has 0 radical (unpaired) electrons. The number of thiophene rings is 2. The summed E-state index contributed by atoms with van der Waals surface area (Å²) in [5.74, 6) is 1.04. The molecule has 0 fully saturated rings. The maximum Gasteiger partial charge on any atom is 0.213 e. The third kappa shape index (κ3) is 2.63. The minimum absolute atomic E-state index is 0.483. The fourth-order valence-electron chi connectivity index (χ4n) is 1.57. The van der Waals surface area contributed by atoms with Crippen molar-refractivity contribution in [1.29, 1.82) is 0 Å². The van der Waals surface area contributed by atoms with Crippen molar-refractivity contribution in [1.82, 2.24) is 20.4 Å². The second-order valence-electron chi connectivity index (χ2n) is 4.13. The van der Waals surface area contributed by atoms with Gasteiger partial charge < -0.3 is 0 Å². The molecule has 102 valence electrons. The normalized spacial score (nSPS) is 11.0. The molecule has 3 rings (SSSR count). The number of nitrogens with zero attached hydrogens (tertiary/aromatic N) is 4. The Balaban J connectivity index is 1.95. The predicted octanol–water partition coefficient (Wildman–Crippen LogP) is 4.76. The molecule has 0 saturated carbocycles. The lowest BCUT2D eigenvalue weighted by Crippen LogP contribution is -1.97. The van der Waals surface area contributed by atoms with Crippen LogP contribution in [-0.4, -0.2) is 20.4 Å². The first-order valence-corrected chi connectivity index (χ1v) is 8.45. The number of aryl methyl sites for hydroxylation is 2. The summed E-state index contributed by atoms with van der Waals surface area (Å²) in [4.78, 5) is 3.07. The summed E-state index contributed by atoms with van der Waals surface area (Å²) in [6, 6.07) is 3.85. The topological polar surface area (TPSA) is 51.6 Å². The zero-order chi connectivity index (χ0) is 14.3. The van der Waals surface area contributed by atoms with Crippen LogP contribution >= 0.6 is 50.2 Å². The summed E-state index contributed by atoms with van der Waals surface area (Å²) in [7, 11) is 0. The molecule has 0 unspecified atom stereocenters.